The van der Waals surface area contributed by atoms with Gasteiger partial charge in [0.25, 0.3) is 0 Å². The Morgan fingerprint density at radius 1 is 1.15 bits per heavy atom. The molecule has 2 aromatic heterocycles. The lowest BCUT2D eigenvalue weighted by molar-refractivity contribution is 0.477. The molecule has 0 aliphatic carbocycles. The minimum absolute atomic E-state index is 0.135. The molecular formula is C13H8Br2N4O. The summed E-state index contributed by atoms with van der Waals surface area (Å²) in [6.45, 7) is 0. The monoisotopic (exact) mass is 394 g/mol. The third-order valence-electron chi connectivity index (χ3n) is 2.67. The smallest absolute Gasteiger partial charge is 0.201 e. The maximum Gasteiger partial charge on any atom is 0.201 e. The molecule has 0 saturated heterocycles. The number of phenolic OH excluding ortho intramolecular Hbond substituents is 1. The van der Waals surface area contributed by atoms with Gasteiger partial charge in [-0.3, -0.25) is 10.1 Å². The summed E-state index contributed by atoms with van der Waals surface area (Å²) in [6.07, 6.45) is 1.67. The van der Waals surface area contributed by atoms with Gasteiger partial charge in [0.1, 0.15) is 11.4 Å². The van der Waals surface area contributed by atoms with Gasteiger partial charge < -0.3 is 5.11 Å². The van der Waals surface area contributed by atoms with Gasteiger partial charge in [0, 0.05) is 15.1 Å². The maximum atomic E-state index is 9.89. The number of rotatable bonds is 2. The van der Waals surface area contributed by atoms with Crippen molar-refractivity contribution in [1.29, 1.82) is 0 Å². The molecule has 3 aromatic rings. The van der Waals surface area contributed by atoms with Crippen LogP contribution in [0.2, 0.25) is 0 Å². The molecule has 0 aliphatic rings. The fraction of sp³-hybridized carbons (Fsp3) is 0. The van der Waals surface area contributed by atoms with E-state index in [-0.39, 0.29) is 5.75 Å². The third kappa shape index (κ3) is 2.46. The zero-order valence-corrected chi connectivity index (χ0v) is 13.2. The number of aromatic nitrogens is 4. The van der Waals surface area contributed by atoms with Crippen molar-refractivity contribution in [2.24, 2.45) is 0 Å². The molecule has 2 heterocycles. The van der Waals surface area contributed by atoms with E-state index in [1.807, 2.05) is 12.1 Å². The van der Waals surface area contributed by atoms with Gasteiger partial charge in [-0.05, 0) is 46.3 Å². The lowest BCUT2D eigenvalue weighted by Gasteiger charge is -2.01. The highest BCUT2D eigenvalue weighted by Crippen LogP contribution is 2.31. The van der Waals surface area contributed by atoms with Gasteiger partial charge in [-0.15, -0.1) is 0 Å². The van der Waals surface area contributed by atoms with E-state index in [0.29, 0.717) is 22.9 Å². The van der Waals surface area contributed by atoms with E-state index in [4.69, 9.17) is 0 Å². The lowest BCUT2D eigenvalue weighted by atomic mass is 10.2. The van der Waals surface area contributed by atoms with Gasteiger partial charge in [-0.25, -0.2) is 4.98 Å². The van der Waals surface area contributed by atoms with Crippen LogP contribution >= 0.6 is 31.9 Å². The number of halogens is 2. The number of phenols is 1. The number of nitrogens with zero attached hydrogens (tertiary/aromatic N) is 3. The van der Waals surface area contributed by atoms with Crippen molar-refractivity contribution in [3.05, 3.63) is 45.5 Å². The molecule has 2 N–H and O–H groups in total. The molecule has 0 unspecified atom stereocenters. The van der Waals surface area contributed by atoms with Crippen LogP contribution in [0.4, 0.5) is 0 Å². The third-order valence-corrected chi connectivity index (χ3v) is 3.80. The van der Waals surface area contributed by atoms with Crippen LogP contribution in [0.25, 0.3) is 22.9 Å². The second kappa shape index (κ2) is 5.34. The molecule has 0 aliphatic heterocycles. The van der Waals surface area contributed by atoms with Gasteiger partial charge in [-0.1, -0.05) is 15.9 Å². The van der Waals surface area contributed by atoms with Crippen molar-refractivity contribution < 1.29 is 5.11 Å². The van der Waals surface area contributed by atoms with Crippen LogP contribution in [0, 0.1) is 0 Å². The van der Waals surface area contributed by atoms with Gasteiger partial charge in [0.05, 0.1) is 5.56 Å². The van der Waals surface area contributed by atoms with Crippen molar-refractivity contribution in [3.8, 4) is 28.7 Å². The summed E-state index contributed by atoms with van der Waals surface area (Å²) < 4.78 is 1.66. The van der Waals surface area contributed by atoms with E-state index in [1.165, 1.54) is 0 Å². The highest BCUT2D eigenvalue weighted by molar-refractivity contribution is 9.10. The first-order valence-corrected chi connectivity index (χ1v) is 7.26. The normalized spacial score (nSPS) is 10.7. The van der Waals surface area contributed by atoms with E-state index in [1.54, 1.807) is 24.4 Å². The predicted octanol–water partition coefficient (Wildman–Crippen LogP) is 3.76. The molecule has 1 aromatic carbocycles. The van der Waals surface area contributed by atoms with E-state index in [0.717, 1.165) is 8.95 Å². The first kappa shape index (κ1) is 13.3. The molecular weight excluding hydrogens is 388 g/mol. The largest absolute Gasteiger partial charge is 0.507 e. The molecule has 0 atom stereocenters. The second-order valence-electron chi connectivity index (χ2n) is 4.00. The van der Waals surface area contributed by atoms with Gasteiger partial charge >= 0.3 is 0 Å². The van der Waals surface area contributed by atoms with Crippen LogP contribution < -0.4 is 0 Å². The molecule has 5 nitrogen and oxygen atoms in total. The minimum atomic E-state index is 0.135. The first-order chi connectivity index (χ1) is 9.65. The molecule has 20 heavy (non-hydrogen) atoms. The Bertz CT molecular complexity index is 773. The highest BCUT2D eigenvalue weighted by atomic mass is 79.9. The summed E-state index contributed by atoms with van der Waals surface area (Å²) in [5.41, 5.74) is 1.22. The minimum Gasteiger partial charge on any atom is -0.507 e. The Hall–Kier alpha value is -1.73. The van der Waals surface area contributed by atoms with Gasteiger partial charge in [0.15, 0.2) is 5.82 Å². The Morgan fingerprint density at radius 3 is 2.80 bits per heavy atom. The molecule has 0 fully saturated rings. The number of H-pyrrole nitrogens is 1. The summed E-state index contributed by atoms with van der Waals surface area (Å²) in [4.78, 5) is 8.61. The number of hydrogen-bond acceptors (Lipinski definition) is 4. The van der Waals surface area contributed by atoms with Crippen molar-refractivity contribution in [3.63, 3.8) is 0 Å². The van der Waals surface area contributed by atoms with Crippen LogP contribution in [0.5, 0.6) is 5.75 Å². The molecule has 0 saturated carbocycles. The Labute approximate surface area is 131 Å². The molecule has 7 heteroatoms. The summed E-state index contributed by atoms with van der Waals surface area (Å²) in [6, 6.07) is 8.81. The number of aromatic hydroxyl groups is 1. The standard InChI is InChI=1S/C13H8Br2N4O/c14-7-3-4-10(20)8(6-7)12-17-13(19-18-12)11-9(15)2-1-5-16-11/h1-6,20H,(H,17,18,19). The molecule has 0 spiro atoms. The second-order valence-corrected chi connectivity index (χ2v) is 5.77. The molecule has 100 valence electrons. The topological polar surface area (TPSA) is 74.7 Å². The number of pyridine rings is 1. The fourth-order valence-corrected chi connectivity index (χ4v) is 2.53. The van der Waals surface area contributed by atoms with Crippen LogP contribution in [0.3, 0.4) is 0 Å². The molecule has 0 bridgehead atoms. The van der Waals surface area contributed by atoms with Crippen molar-refractivity contribution in [2.45, 2.75) is 0 Å². The molecule has 3 rings (SSSR count). The summed E-state index contributed by atoms with van der Waals surface area (Å²) in [5.74, 6) is 1.08. The average molecular weight is 396 g/mol. The Morgan fingerprint density at radius 2 is 2.00 bits per heavy atom. The van der Waals surface area contributed by atoms with Crippen LogP contribution in [-0.2, 0) is 0 Å². The first-order valence-electron chi connectivity index (χ1n) is 5.67. The van der Waals surface area contributed by atoms with Crippen molar-refractivity contribution in [2.75, 3.05) is 0 Å². The summed E-state index contributed by atoms with van der Waals surface area (Å²) in [5, 5.41) is 16.8. The zero-order valence-electron chi connectivity index (χ0n) is 10.0. The molecule has 0 amide bonds. The van der Waals surface area contributed by atoms with E-state index in [2.05, 4.69) is 52.0 Å². The fourth-order valence-electron chi connectivity index (χ4n) is 1.74. The average Bonchev–Trinajstić information content (AvgIpc) is 2.91. The van der Waals surface area contributed by atoms with E-state index in [9.17, 15) is 5.11 Å². The van der Waals surface area contributed by atoms with E-state index < -0.39 is 0 Å². The quantitative estimate of drug-likeness (QED) is 0.692. The van der Waals surface area contributed by atoms with Crippen LogP contribution in [-0.4, -0.2) is 25.3 Å². The number of aromatic amines is 1. The predicted molar refractivity (Wildman–Crippen MR) is 82.1 cm³/mol. The van der Waals surface area contributed by atoms with Crippen molar-refractivity contribution in [1.82, 2.24) is 20.2 Å². The number of hydrogen-bond donors (Lipinski definition) is 2. The zero-order chi connectivity index (χ0) is 14.1. The SMILES string of the molecule is Oc1ccc(Br)cc1-c1nc(-c2ncccc2Br)n[nH]1. The summed E-state index contributed by atoms with van der Waals surface area (Å²) in [7, 11) is 0. The Balaban J connectivity index is 2.07. The lowest BCUT2D eigenvalue weighted by Crippen LogP contribution is -1.87. The number of nitrogens with one attached hydrogen (secondary N) is 1. The molecule has 0 radical (unpaired) electrons. The highest BCUT2D eigenvalue weighted by Gasteiger charge is 2.14. The van der Waals surface area contributed by atoms with Gasteiger partial charge in [0.2, 0.25) is 5.82 Å². The summed E-state index contributed by atoms with van der Waals surface area (Å²) >= 11 is 6.78. The van der Waals surface area contributed by atoms with Crippen LogP contribution in [0.15, 0.2) is 45.5 Å². The maximum absolute atomic E-state index is 9.89. The van der Waals surface area contributed by atoms with Crippen LogP contribution in [0.1, 0.15) is 0 Å². The number of benzene rings is 1. The van der Waals surface area contributed by atoms with E-state index >= 15 is 0 Å². The van der Waals surface area contributed by atoms with Crippen molar-refractivity contribution >= 4 is 31.9 Å². The van der Waals surface area contributed by atoms with Gasteiger partial charge in [-0.2, -0.15) is 5.10 Å². The Kier molecular flexibility index (Phi) is 3.54.